The minimum Gasteiger partial charge on any atom is -0.504 e. The highest BCUT2D eigenvalue weighted by atomic mass is 16.7. The summed E-state index contributed by atoms with van der Waals surface area (Å²) < 4.78 is 15.5. The lowest BCUT2D eigenvalue weighted by Crippen LogP contribution is -2.68. The van der Waals surface area contributed by atoms with Crippen molar-refractivity contribution in [3.63, 3.8) is 0 Å². The van der Waals surface area contributed by atoms with E-state index in [1.807, 2.05) is 0 Å². The van der Waals surface area contributed by atoms with Gasteiger partial charge >= 0.3 is 0 Å². The fraction of sp³-hybridized carbons (Fsp3) is 0.565. The largest absolute Gasteiger partial charge is 0.504 e. The van der Waals surface area contributed by atoms with Crippen LogP contribution in [-0.4, -0.2) is 116 Å². The quantitative estimate of drug-likeness (QED) is 0.173. The summed E-state index contributed by atoms with van der Waals surface area (Å²) in [6.07, 6.45) is -11.9. The molecular formula is C23H31NO12. The van der Waals surface area contributed by atoms with Crippen molar-refractivity contribution in [1.29, 1.82) is 0 Å². The predicted octanol–water partition coefficient (Wildman–Crippen LogP) is -2.83. The number of methoxy groups -OCH3 is 1. The topological polar surface area (TPSA) is 215 Å². The molecule has 13 nitrogen and oxygen atoms in total. The van der Waals surface area contributed by atoms with Gasteiger partial charge in [-0.15, -0.1) is 0 Å². The normalized spacial score (nSPS) is 37.0. The van der Waals surface area contributed by atoms with Crippen molar-refractivity contribution in [3.05, 3.63) is 29.3 Å². The highest BCUT2D eigenvalue weighted by Crippen LogP contribution is 2.32. The van der Waals surface area contributed by atoms with Crippen molar-refractivity contribution in [3.8, 4) is 11.5 Å². The molecule has 0 radical (unpaired) electrons. The molecule has 13 heteroatoms. The standard InChI is InChI=1S/C23H31NO12/c1-8(22(33)24-13-14(27)16(29)21(34-3)17(30)15(13)28)6-10-4-5-12(11(26)7-10)35-23-19(32)18(31)20(36-23)9(2)25/h4-7,13-21,23,26-32H,1-3H3,(H,24,33)/b8-6+/t13?,14-,15+,16+,17-,18-,19-,20+,21?,23+/m0/s1. The van der Waals surface area contributed by atoms with E-state index in [0.29, 0.717) is 5.56 Å². The molecule has 36 heavy (non-hydrogen) atoms. The van der Waals surface area contributed by atoms with Crippen LogP contribution in [0.15, 0.2) is 23.8 Å². The molecular weight excluding hydrogens is 482 g/mol. The smallest absolute Gasteiger partial charge is 0.247 e. The van der Waals surface area contributed by atoms with Crippen LogP contribution in [0.3, 0.4) is 0 Å². The number of aromatic hydroxyl groups is 1. The molecule has 1 saturated heterocycles. The zero-order valence-corrected chi connectivity index (χ0v) is 19.8. The lowest BCUT2D eigenvalue weighted by molar-refractivity contribution is -0.199. The van der Waals surface area contributed by atoms with E-state index in [9.17, 15) is 45.3 Å². The highest BCUT2D eigenvalue weighted by Gasteiger charge is 2.50. The van der Waals surface area contributed by atoms with Crippen LogP contribution < -0.4 is 10.1 Å². The van der Waals surface area contributed by atoms with Crippen LogP contribution in [0.4, 0.5) is 0 Å². The number of benzene rings is 1. The van der Waals surface area contributed by atoms with Crippen molar-refractivity contribution in [2.75, 3.05) is 7.11 Å². The SMILES string of the molecule is COC1[C@@H](O)[C@H](O)C(NC(=O)/C(C)=C/c2ccc(O[C@@H]3O[C@H](C(C)=O)[C@@H](O)[C@@H]3O)c(O)c2)[C@H](O)[C@H]1O. The first-order chi connectivity index (χ1) is 16.9. The molecule has 2 unspecified atom stereocenters. The molecule has 1 saturated carbocycles. The summed E-state index contributed by atoms with van der Waals surface area (Å²) in [5.41, 5.74) is 0.452. The number of carbonyl (C=O) groups excluding carboxylic acids is 2. The summed E-state index contributed by atoms with van der Waals surface area (Å²) in [6, 6.07) is 2.65. The molecule has 10 atom stereocenters. The zero-order chi connectivity index (χ0) is 26.9. The summed E-state index contributed by atoms with van der Waals surface area (Å²) in [4.78, 5) is 24.1. The lowest BCUT2D eigenvalue weighted by Gasteiger charge is -2.43. The first kappa shape index (κ1) is 28.0. The number of carbonyl (C=O) groups is 2. The molecule has 1 aliphatic heterocycles. The van der Waals surface area contributed by atoms with Crippen LogP contribution in [0.1, 0.15) is 19.4 Å². The minimum atomic E-state index is -1.61. The van der Waals surface area contributed by atoms with Crippen molar-refractivity contribution in [1.82, 2.24) is 5.32 Å². The Morgan fingerprint density at radius 1 is 0.944 bits per heavy atom. The molecule has 1 amide bonds. The molecule has 200 valence electrons. The van der Waals surface area contributed by atoms with Crippen molar-refractivity contribution in [2.45, 2.75) is 75.0 Å². The van der Waals surface area contributed by atoms with Gasteiger partial charge in [0.2, 0.25) is 12.2 Å². The van der Waals surface area contributed by atoms with Crippen LogP contribution in [0.5, 0.6) is 11.5 Å². The molecule has 0 spiro atoms. The molecule has 1 aromatic carbocycles. The number of phenolic OH excluding ortho intramolecular Hbond substituents is 1. The first-order valence-corrected chi connectivity index (χ1v) is 11.1. The van der Waals surface area contributed by atoms with Gasteiger partial charge in [0, 0.05) is 12.7 Å². The van der Waals surface area contributed by atoms with Crippen LogP contribution in [0.25, 0.3) is 6.08 Å². The van der Waals surface area contributed by atoms with Crippen molar-refractivity contribution < 1.29 is 59.5 Å². The third-order valence-electron chi connectivity index (χ3n) is 6.27. The molecule has 3 rings (SSSR count). The third-order valence-corrected chi connectivity index (χ3v) is 6.27. The number of ether oxygens (including phenoxy) is 3. The molecule has 0 bridgehead atoms. The van der Waals surface area contributed by atoms with Gasteiger partial charge in [0.1, 0.15) is 48.8 Å². The fourth-order valence-corrected chi connectivity index (χ4v) is 4.18. The van der Waals surface area contributed by atoms with Gasteiger partial charge in [0.05, 0.1) is 6.04 Å². The summed E-state index contributed by atoms with van der Waals surface area (Å²) in [7, 11) is 1.20. The van der Waals surface area contributed by atoms with E-state index in [0.717, 1.165) is 0 Å². The molecule has 1 heterocycles. The number of aliphatic hydroxyl groups is 6. The van der Waals surface area contributed by atoms with Gasteiger partial charge < -0.3 is 55.3 Å². The Kier molecular flexibility index (Phi) is 8.69. The number of hydrogen-bond donors (Lipinski definition) is 8. The second-order valence-corrected chi connectivity index (χ2v) is 8.85. The second-order valence-electron chi connectivity index (χ2n) is 8.85. The number of hydrogen-bond acceptors (Lipinski definition) is 12. The maximum atomic E-state index is 12.6. The third kappa shape index (κ3) is 5.53. The average Bonchev–Trinajstić information content (AvgIpc) is 3.11. The van der Waals surface area contributed by atoms with Gasteiger partial charge in [0.25, 0.3) is 0 Å². The monoisotopic (exact) mass is 513 g/mol. The Hall–Kier alpha value is -2.62. The Bertz CT molecular complexity index is 983. The number of Topliss-reactive ketones (excluding diaryl/α,β-unsaturated/α-hetero) is 1. The van der Waals surface area contributed by atoms with E-state index >= 15 is 0 Å². The average molecular weight is 513 g/mol. The summed E-state index contributed by atoms with van der Waals surface area (Å²) >= 11 is 0. The lowest BCUT2D eigenvalue weighted by atomic mass is 9.83. The molecule has 1 aromatic rings. The van der Waals surface area contributed by atoms with Crippen LogP contribution in [0, 0.1) is 0 Å². The van der Waals surface area contributed by atoms with E-state index in [1.165, 1.54) is 45.2 Å². The van der Waals surface area contributed by atoms with Crippen molar-refractivity contribution >= 4 is 17.8 Å². The number of amides is 1. The number of nitrogens with one attached hydrogen (secondary N) is 1. The van der Waals surface area contributed by atoms with E-state index in [4.69, 9.17) is 14.2 Å². The summed E-state index contributed by atoms with van der Waals surface area (Å²) in [5.74, 6) is -1.72. The van der Waals surface area contributed by atoms with E-state index in [-0.39, 0.29) is 17.1 Å². The number of aliphatic hydroxyl groups excluding tert-OH is 6. The van der Waals surface area contributed by atoms with Gasteiger partial charge in [-0.25, -0.2) is 0 Å². The van der Waals surface area contributed by atoms with Gasteiger partial charge in [0.15, 0.2) is 17.3 Å². The maximum Gasteiger partial charge on any atom is 0.247 e. The predicted molar refractivity (Wildman–Crippen MR) is 120 cm³/mol. The second kappa shape index (κ2) is 11.2. The van der Waals surface area contributed by atoms with Gasteiger partial charge in [-0.2, -0.15) is 0 Å². The van der Waals surface area contributed by atoms with Crippen LogP contribution in [-0.2, 0) is 19.1 Å². The summed E-state index contributed by atoms with van der Waals surface area (Å²) in [5, 5.41) is 73.4. The van der Waals surface area contributed by atoms with Gasteiger partial charge in [-0.1, -0.05) is 6.07 Å². The van der Waals surface area contributed by atoms with E-state index in [1.54, 1.807) is 0 Å². The van der Waals surface area contributed by atoms with Crippen LogP contribution in [0.2, 0.25) is 0 Å². The Labute approximate surface area is 206 Å². The Morgan fingerprint density at radius 3 is 2.06 bits per heavy atom. The number of rotatable bonds is 7. The fourth-order valence-electron chi connectivity index (χ4n) is 4.18. The summed E-state index contributed by atoms with van der Waals surface area (Å²) in [6.45, 7) is 2.62. The highest BCUT2D eigenvalue weighted by molar-refractivity contribution is 5.97. The molecule has 2 fully saturated rings. The van der Waals surface area contributed by atoms with Gasteiger partial charge in [-0.3, -0.25) is 9.59 Å². The Morgan fingerprint density at radius 2 is 1.56 bits per heavy atom. The van der Waals surface area contributed by atoms with E-state index in [2.05, 4.69) is 5.32 Å². The Balaban J connectivity index is 1.68. The molecule has 1 aliphatic carbocycles. The minimum absolute atomic E-state index is 0.0993. The first-order valence-electron chi connectivity index (χ1n) is 11.1. The van der Waals surface area contributed by atoms with Crippen LogP contribution >= 0.6 is 0 Å². The zero-order valence-electron chi connectivity index (χ0n) is 19.8. The van der Waals surface area contributed by atoms with Crippen molar-refractivity contribution in [2.24, 2.45) is 0 Å². The maximum absolute atomic E-state index is 12.6. The van der Waals surface area contributed by atoms with Gasteiger partial charge in [-0.05, 0) is 37.6 Å². The molecule has 2 aliphatic rings. The number of ketones is 1. The molecule has 8 N–H and O–H groups in total. The molecule has 0 aromatic heterocycles. The van der Waals surface area contributed by atoms with E-state index < -0.39 is 72.9 Å². The number of phenols is 1.